The lowest BCUT2D eigenvalue weighted by atomic mass is 9.87. The van der Waals surface area contributed by atoms with Crippen molar-refractivity contribution in [1.29, 1.82) is 0 Å². The molecule has 7 heteroatoms. The van der Waals surface area contributed by atoms with Crippen LogP contribution in [0.15, 0.2) is 0 Å². The molecule has 3 unspecified atom stereocenters. The molecule has 1 aliphatic carbocycles. The van der Waals surface area contributed by atoms with Gasteiger partial charge in [0, 0.05) is 24.7 Å². The molecule has 3 N–H and O–H groups in total. The zero-order valence-corrected chi connectivity index (χ0v) is 14.4. The lowest BCUT2D eigenvalue weighted by Crippen LogP contribution is -2.38. The normalized spacial score (nSPS) is 42.1. The summed E-state index contributed by atoms with van der Waals surface area (Å²) in [4.78, 5) is 0. The molecule has 0 radical (unpaired) electrons. The van der Waals surface area contributed by atoms with Crippen molar-refractivity contribution in [3.05, 3.63) is 0 Å². The Morgan fingerprint density at radius 2 is 2.05 bits per heavy atom. The highest BCUT2D eigenvalue weighted by atomic mass is 32.2. The van der Waals surface area contributed by atoms with Crippen molar-refractivity contribution in [2.24, 2.45) is 5.92 Å². The second-order valence-electron chi connectivity index (χ2n) is 5.69. The lowest BCUT2D eigenvalue weighted by molar-refractivity contribution is 0.0553. The van der Waals surface area contributed by atoms with Crippen LogP contribution in [0.2, 0.25) is 0 Å². The molecule has 0 spiro atoms. The molecule has 3 fully saturated rings. The second kappa shape index (κ2) is 7.94. The minimum absolute atomic E-state index is 0.516. The van der Waals surface area contributed by atoms with Gasteiger partial charge in [-0.2, -0.15) is 0 Å². The van der Waals surface area contributed by atoms with Crippen molar-refractivity contribution in [2.45, 2.75) is 47.9 Å². The van der Waals surface area contributed by atoms with Crippen LogP contribution in [0.1, 0.15) is 25.7 Å². The van der Waals surface area contributed by atoms with Gasteiger partial charge in [-0.25, -0.2) is 10.9 Å². The Morgan fingerprint density at radius 1 is 1.20 bits per heavy atom. The van der Waals surface area contributed by atoms with Crippen molar-refractivity contribution in [3.63, 3.8) is 0 Å². The lowest BCUT2D eigenvalue weighted by Gasteiger charge is -2.31. The number of methoxy groups -OCH3 is 1. The number of hydrazine groups is 1. The maximum Gasteiger partial charge on any atom is 0.114 e. The van der Waals surface area contributed by atoms with Gasteiger partial charge in [0.15, 0.2) is 0 Å². The van der Waals surface area contributed by atoms with E-state index >= 15 is 0 Å². The van der Waals surface area contributed by atoms with E-state index in [1.807, 2.05) is 30.6 Å². The summed E-state index contributed by atoms with van der Waals surface area (Å²) in [5, 5.41) is 4.54. The summed E-state index contributed by atoms with van der Waals surface area (Å²) in [6, 6.07) is 0.679. The predicted molar refractivity (Wildman–Crippen MR) is 90.9 cm³/mol. The SMILES string of the molecule is COC1CCC(C2NC(CSC3NNCS3)CS2)CC1. The van der Waals surface area contributed by atoms with E-state index in [0.29, 0.717) is 22.2 Å². The van der Waals surface area contributed by atoms with E-state index in [9.17, 15) is 0 Å². The van der Waals surface area contributed by atoms with Gasteiger partial charge < -0.3 is 10.1 Å². The first kappa shape index (κ1) is 15.8. The highest BCUT2D eigenvalue weighted by Gasteiger charge is 2.33. The van der Waals surface area contributed by atoms with Gasteiger partial charge in [-0.1, -0.05) is 0 Å². The van der Waals surface area contributed by atoms with Gasteiger partial charge in [0.2, 0.25) is 0 Å². The standard InChI is InChI=1S/C13H25N3OS3/c1-17-11-4-2-9(3-5-11)12-15-10(6-18-12)7-19-13-16-14-8-20-13/h9-16H,2-8H2,1H3. The molecule has 20 heavy (non-hydrogen) atoms. The molecule has 0 aromatic heterocycles. The van der Waals surface area contributed by atoms with E-state index in [-0.39, 0.29) is 0 Å². The second-order valence-corrected chi connectivity index (χ2v) is 9.39. The molecule has 0 aromatic rings. The third kappa shape index (κ3) is 4.21. The summed E-state index contributed by atoms with van der Waals surface area (Å²) in [7, 11) is 1.85. The summed E-state index contributed by atoms with van der Waals surface area (Å²) in [5.74, 6) is 4.35. The molecule has 1 saturated carbocycles. The van der Waals surface area contributed by atoms with Crippen LogP contribution in [0.4, 0.5) is 0 Å². The van der Waals surface area contributed by atoms with Crippen molar-refractivity contribution in [2.75, 3.05) is 24.5 Å². The van der Waals surface area contributed by atoms with E-state index in [4.69, 9.17) is 4.74 Å². The minimum Gasteiger partial charge on any atom is -0.381 e. The van der Waals surface area contributed by atoms with E-state index in [1.165, 1.54) is 37.2 Å². The van der Waals surface area contributed by atoms with Crippen molar-refractivity contribution in [1.82, 2.24) is 16.2 Å². The van der Waals surface area contributed by atoms with Gasteiger partial charge >= 0.3 is 0 Å². The zero-order chi connectivity index (χ0) is 13.8. The summed E-state index contributed by atoms with van der Waals surface area (Å²) in [6.07, 6.45) is 5.66. The van der Waals surface area contributed by atoms with Crippen molar-refractivity contribution < 1.29 is 4.74 Å². The molecule has 0 amide bonds. The monoisotopic (exact) mass is 335 g/mol. The molecule has 0 aromatic carbocycles. The molecule has 3 rings (SSSR count). The Morgan fingerprint density at radius 3 is 2.75 bits per heavy atom. The average Bonchev–Trinajstić information content (AvgIpc) is 3.17. The Kier molecular flexibility index (Phi) is 6.27. The Bertz CT molecular complexity index is 297. The Balaban J connectivity index is 1.36. The van der Waals surface area contributed by atoms with E-state index in [1.54, 1.807) is 0 Å². The number of hydrogen-bond acceptors (Lipinski definition) is 7. The van der Waals surface area contributed by atoms with Crippen LogP contribution in [0, 0.1) is 5.92 Å². The quantitative estimate of drug-likeness (QED) is 0.710. The summed E-state index contributed by atoms with van der Waals surface area (Å²) in [5.41, 5.74) is 6.47. The number of nitrogens with one attached hydrogen (secondary N) is 3. The molecule has 4 nitrogen and oxygen atoms in total. The third-order valence-corrected chi connectivity index (χ3v) is 8.37. The molecule has 116 valence electrons. The van der Waals surface area contributed by atoms with Crippen LogP contribution in [-0.2, 0) is 4.74 Å². The zero-order valence-electron chi connectivity index (χ0n) is 12.0. The maximum atomic E-state index is 5.47. The van der Waals surface area contributed by atoms with Gasteiger partial charge in [-0.3, -0.25) is 0 Å². The summed E-state index contributed by atoms with van der Waals surface area (Å²) < 4.78 is 6.00. The summed E-state index contributed by atoms with van der Waals surface area (Å²) in [6.45, 7) is 0. The van der Waals surface area contributed by atoms with Crippen LogP contribution in [-0.4, -0.2) is 46.7 Å². The maximum absolute atomic E-state index is 5.47. The summed E-state index contributed by atoms with van der Waals surface area (Å²) >= 11 is 6.12. The van der Waals surface area contributed by atoms with Crippen LogP contribution in [0.5, 0.6) is 0 Å². The van der Waals surface area contributed by atoms with Gasteiger partial charge in [0.05, 0.1) is 17.4 Å². The molecule has 3 atom stereocenters. The molecule has 0 bridgehead atoms. The van der Waals surface area contributed by atoms with Crippen molar-refractivity contribution in [3.8, 4) is 0 Å². The van der Waals surface area contributed by atoms with E-state index in [2.05, 4.69) is 27.9 Å². The Labute approximate surface area is 134 Å². The molecule has 3 aliphatic rings. The highest BCUT2D eigenvalue weighted by Crippen LogP contribution is 2.36. The fourth-order valence-electron chi connectivity index (χ4n) is 3.12. The van der Waals surface area contributed by atoms with Gasteiger partial charge in [0.25, 0.3) is 0 Å². The van der Waals surface area contributed by atoms with E-state index < -0.39 is 0 Å². The average molecular weight is 336 g/mol. The molecule has 2 aliphatic heterocycles. The molecular formula is C13H25N3OS3. The number of rotatable bonds is 5. The fourth-order valence-corrected chi connectivity index (χ4v) is 6.85. The van der Waals surface area contributed by atoms with Crippen LogP contribution >= 0.6 is 35.3 Å². The van der Waals surface area contributed by atoms with Crippen LogP contribution in [0.25, 0.3) is 0 Å². The molecule has 2 heterocycles. The predicted octanol–water partition coefficient (Wildman–Crippen LogP) is 2.04. The minimum atomic E-state index is 0.516. The van der Waals surface area contributed by atoms with Gasteiger partial charge in [-0.05, 0) is 31.6 Å². The number of ether oxygens (including phenoxy) is 1. The first-order valence-corrected chi connectivity index (χ1v) is 10.6. The van der Waals surface area contributed by atoms with Crippen molar-refractivity contribution >= 4 is 35.3 Å². The number of hydrogen-bond donors (Lipinski definition) is 3. The van der Waals surface area contributed by atoms with Crippen LogP contribution in [0.3, 0.4) is 0 Å². The fraction of sp³-hybridized carbons (Fsp3) is 1.00. The van der Waals surface area contributed by atoms with Gasteiger partial charge in [-0.15, -0.1) is 35.3 Å². The van der Waals surface area contributed by atoms with E-state index in [0.717, 1.165) is 11.8 Å². The van der Waals surface area contributed by atoms with Crippen LogP contribution < -0.4 is 16.2 Å². The largest absolute Gasteiger partial charge is 0.381 e. The molecule has 2 saturated heterocycles. The number of thioether (sulfide) groups is 3. The smallest absolute Gasteiger partial charge is 0.114 e. The Hall–Kier alpha value is 0.890. The molecular weight excluding hydrogens is 310 g/mol. The van der Waals surface area contributed by atoms with Gasteiger partial charge in [0.1, 0.15) is 4.71 Å². The third-order valence-electron chi connectivity index (χ3n) is 4.33. The first-order valence-electron chi connectivity index (χ1n) is 7.47. The highest BCUT2D eigenvalue weighted by molar-refractivity contribution is 8.17. The topological polar surface area (TPSA) is 45.3 Å². The first-order chi connectivity index (χ1) is 9.85.